The molecule has 0 radical (unpaired) electrons. The quantitative estimate of drug-likeness (QED) is 0.842. The zero-order valence-corrected chi connectivity index (χ0v) is 11.5. The van der Waals surface area contributed by atoms with E-state index in [1.165, 1.54) is 12.5 Å². The van der Waals surface area contributed by atoms with Crippen LogP contribution in [0.25, 0.3) is 0 Å². The Hall–Kier alpha value is -0.600. The van der Waals surface area contributed by atoms with Crippen molar-refractivity contribution < 1.29 is 9.50 Å². The summed E-state index contributed by atoms with van der Waals surface area (Å²) in [4.78, 5) is 0. The lowest BCUT2D eigenvalue weighted by atomic mass is 9.77. The summed E-state index contributed by atoms with van der Waals surface area (Å²) in [6, 6.07) is 4.85. The zero-order chi connectivity index (χ0) is 13.1. The summed E-state index contributed by atoms with van der Waals surface area (Å²) in [5, 5.41) is 10.4. The van der Waals surface area contributed by atoms with Gasteiger partial charge in [0, 0.05) is 5.56 Å². The second-order valence-corrected chi connectivity index (χ2v) is 5.68. The highest BCUT2D eigenvalue weighted by Crippen LogP contribution is 2.39. The molecule has 0 spiro atoms. The molecule has 0 aromatic heterocycles. The van der Waals surface area contributed by atoms with Gasteiger partial charge in [0.05, 0.1) is 11.1 Å². The van der Waals surface area contributed by atoms with Crippen LogP contribution in [0.5, 0.6) is 0 Å². The minimum absolute atomic E-state index is 0.0915. The summed E-state index contributed by atoms with van der Waals surface area (Å²) in [7, 11) is 0. The van der Waals surface area contributed by atoms with Crippen LogP contribution in [0, 0.1) is 17.7 Å². The van der Waals surface area contributed by atoms with Crippen LogP contribution in [0.2, 0.25) is 5.02 Å². The van der Waals surface area contributed by atoms with E-state index < -0.39 is 11.9 Å². The molecule has 18 heavy (non-hydrogen) atoms. The fourth-order valence-corrected chi connectivity index (χ4v) is 3.10. The topological polar surface area (TPSA) is 20.2 Å². The minimum atomic E-state index is -0.721. The monoisotopic (exact) mass is 270 g/mol. The van der Waals surface area contributed by atoms with Crippen molar-refractivity contribution in [1.29, 1.82) is 0 Å². The predicted octanol–water partition coefficient (Wildman–Crippen LogP) is 4.73. The van der Waals surface area contributed by atoms with Crippen LogP contribution in [0.4, 0.5) is 4.39 Å². The minimum Gasteiger partial charge on any atom is -0.388 e. The van der Waals surface area contributed by atoms with E-state index in [1.807, 2.05) is 0 Å². The Balaban J connectivity index is 2.08. The maximum Gasteiger partial charge on any atom is 0.147 e. The van der Waals surface area contributed by atoms with Crippen molar-refractivity contribution in [2.75, 3.05) is 0 Å². The van der Waals surface area contributed by atoms with Gasteiger partial charge in [0.25, 0.3) is 0 Å². The normalized spacial score (nSPS) is 26.0. The molecular weight excluding hydrogens is 251 g/mol. The van der Waals surface area contributed by atoms with E-state index in [9.17, 15) is 9.50 Å². The zero-order valence-electron chi connectivity index (χ0n) is 10.7. The van der Waals surface area contributed by atoms with Crippen molar-refractivity contribution in [3.8, 4) is 0 Å². The van der Waals surface area contributed by atoms with Crippen molar-refractivity contribution in [2.24, 2.45) is 11.8 Å². The molecular formula is C15H20ClFO. The molecule has 0 saturated heterocycles. The Morgan fingerprint density at radius 2 is 2.00 bits per heavy atom. The predicted molar refractivity (Wildman–Crippen MR) is 72.1 cm³/mol. The Morgan fingerprint density at radius 1 is 1.33 bits per heavy atom. The summed E-state index contributed by atoms with van der Waals surface area (Å²) in [6.45, 7) is 2.21. The number of aliphatic hydroxyl groups excluding tert-OH is 1. The molecule has 1 fully saturated rings. The maximum atomic E-state index is 13.9. The molecule has 1 saturated carbocycles. The summed E-state index contributed by atoms with van der Waals surface area (Å²) in [5.41, 5.74) is 0.349. The van der Waals surface area contributed by atoms with Crippen LogP contribution < -0.4 is 0 Å². The van der Waals surface area contributed by atoms with Gasteiger partial charge in [0.15, 0.2) is 0 Å². The largest absolute Gasteiger partial charge is 0.388 e. The van der Waals surface area contributed by atoms with E-state index in [0.717, 1.165) is 31.6 Å². The molecule has 1 atom stereocenters. The van der Waals surface area contributed by atoms with Gasteiger partial charge in [-0.3, -0.25) is 0 Å². The first-order valence-corrected chi connectivity index (χ1v) is 7.13. The third kappa shape index (κ3) is 2.86. The van der Waals surface area contributed by atoms with Gasteiger partial charge < -0.3 is 5.11 Å². The van der Waals surface area contributed by atoms with Crippen LogP contribution in [-0.2, 0) is 0 Å². The lowest BCUT2D eigenvalue weighted by Gasteiger charge is -2.31. The molecule has 3 heteroatoms. The summed E-state index contributed by atoms with van der Waals surface area (Å²) >= 11 is 5.76. The maximum absolute atomic E-state index is 13.9. The third-order valence-electron chi connectivity index (χ3n) is 4.22. The Morgan fingerprint density at radius 3 is 2.61 bits per heavy atom. The fraction of sp³-hybridized carbons (Fsp3) is 0.600. The number of halogens is 2. The smallest absolute Gasteiger partial charge is 0.147 e. The van der Waals surface area contributed by atoms with Crippen molar-refractivity contribution in [1.82, 2.24) is 0 Å². The summed E-state index contributed by atoms with van der Waals surface area (Å²) < 4.78 is 13.9. The van der Waals surface area contributed by atoms with Crippen LogP contribution in [0.15, 0.2) is 18.2 Å². The van der Waals surface area contributed by atoms with Gasteiger partial charge in [-0.2, -0.15) is 0 Å². The average Bonchev–Trinajstić information content (AvgIpc) is 2.41. The lowest BCUT2D eigenvalue weighted by Crippen LogP contribution is -2.21. The number of rotatable bonds is 3. The highest BCUT2D eigenvalue weighted by Gasteiger charge is 2.28. The Kier molecular flexibility index (Phi) is 4.63. The number of hydrogen-bond acceptors (Lipinski definition) is 1. The van der Waals surface area contributed by atoms with Crippen molar-refractivity contribution >= 4 is 11.6 Å². The first-order valence-electron chi connectivity index (χ1n) is 6.75. The standard InChI is InChI=1S/C15H20ClFO/c1-2-10-6-8-11(9-7-10)15(18)12-4-3-5-13(16)14(12)17/h3-5,10-11,15,18H,2,6-9H2,1H3. The fourth-order valence-electron chi connectivity index (χ4n) is 2.92. The molecule has 1 aliphatic rings. The van der Waals surface area contributed by atoms with Gasteiger partial charge in [0.2, 0.25) is 0 Å². The van der Waals surface area contributed by atoms with Gasteiger partial charge in [-0.05, 0) is 30.7 Å². The number of aliphatic hydroxyl groups is 1. The second-order valence-electron chi connectivity index (χ2n) is 5.28. The van der Waals surface area contributed by atoms with Gasteiger partial charge in [0.1, 0.15) is 5.82 Å². The van der Waals surface area contributed by atoms with Gasteiger partial charge >= 0.3 is 0 Å². The molecule has 100 valence electrons. The van der Waals surface area contributed by atoms with E-state index in [1.54, 1.807) is 12.1 Å². The van der Waals surface area contributed by atoms with E-state index in [4.69, 9.17) is 11.6 Å². The number of benzene rings is 1. The van der Waals surface area contributed by atoms with E-state index in [0.29, 0.717) is 5.56 Å². The van der Waals surface area contributed by atoms with E-state index in [2.05, 4.69) is 6.92 Å². The molecule has 0 aliphatic heterocycles. The molecule has 0 bridgehead atoms. The molecule has 2 rings (SSSR count). The second kappa shape index (κ2) is 6.03. The van der Waals surface area contributed by atoms with Crippen molar-refractivity contribution in [2.45, 2.75) is 45.1 Å². The van der Waals surface area contributed by atoms with Crippen LogP contribution in [-0.4, -0.2) is 5.11 Å². The van der Waals surface area contributed by atoms with E-state index >= 15 is 0 Å². The van der Waals surface area contributed by atoms with Crippen molar-refractivity contribution in [3.63, 3.8) is 0 Å². The van der Waals surface area contributed by atoms with Crippen LogP contribution in [0.3, 0.4) is 0 Å². The van der Waals surface area contributed by atoms with Gasteiger partial charge in [-0.1, -0.05) is 49.9 Å². The van der Waals surface area contributed by atoms with Gasteiger partial charge in [-0.25, -0.2) is 4.39 Å². The molecule has 1 aliphatic carbocycles. The highest BCUT2D eigenvalue weighted by molar-refractivity contribution is 6.30. The SMILES string of the molecule is CCC1CCC(C(O)c2cccc(Cl)c2F)CC1. The number of hydrogen-bond donors (Lipinski definition) is 1. The lowest BCUT2D eigenvalue weighted by molar-refractivity contribution is 0.0701. The molecule has 1 unspecified atom stereocenters. The molecule has 1 nitrogen and oxygen atoms in total. The molecule has 1 aromatic carbocycles. The Bertz CT molecular complexity index is 399. The highest BCUT2D eigenvalue weighted by atomic mass is 35.5. The Labute approximate surface area is 113 Å². The van der Waals surface area contributed by atoms with Crippen LogP contribution in [0.1, 0.15) is 50.7 Å². The molecule has 1 aromatic rings. The van der Waals surface area contributed by atoms with Crippen molar-refractivity contribution in [3.05, 3.63) is 34.6 Å². The van der Waals surface area contributed by atoms with Gasteiger partial charge in [-0.15, -0.1) is 0 Å². The summed E-state index contributed by atoms with van der Waals surface area (Å²) in [5.74, 6) is 0.475. The first kappa shape index (κ1) is 13.8. The molecule has 0 heterocycles. The average molecular weight is 271 g/mol. The van der Waals surface area contributed by atoms with E-state index in [-0.39, 0.29) is 10.9 Å². The first-order chi connectivity index (χ1) is 8.63. The van der Waals surface area contributed by atoms with Crippen LogP contribution >= 0.6 is 11.6 Å². The molecule has 0 amide bonds. The molecule has 1 N–H and O–H groups in total. The third-order valence-corrected chi connectivity index (χ3v) is 4.51. The summed E-state index contributed by atoms with van der Waals surface area (Å²) in [6.07, 6.45) is 4.72.